The number of aliphatic hydroxyl groups excluding tert-OH is 1. The smallest absolute Gasteiger partial charge is 0.228 e. The van der Waals surface area contributed by atoms with Crippen molar-refractivity contribution >= 4 is 5.91 Å². The highest BCUT2D eigenvalue weighted by Gasteiger charge is 2.36. The maximum atomic E-state index is 12.4. The number of carbonyl (C=O) groups is 1. The van der Waals surface area contributed by atoms with Crippen molar-refractivity contribution in [3.05, 3.63) is 0 Å². The number of hydrogen-bond donors (Lipinski definition) is 2. The molecular formula is C15H28N2O3. The van der Waals surface area contributed by atoms with E-state index in [0.29, 0.717) is 6.61 Å². The Balaban J connectivity index is 1.83. The second-order valence-electron chi connectivity index (χ2n) is 6.43. The maximum Gasteiger partial charge on any atom is 0.228 e. The van der Waals surface area contributed by atoms with Crippen molar-refractivity contribution in [1.82, 2.24) is 10.2 Å². The van der Waals surface area contributed by atoms with E-state index in [1.165, 1.54) is 19.3 Å². The molecule has 0 aromatic carbocycles. The highest BCUT2D eigenvalue weighted by atomic mass is 16.5. The molecule has 5 heteroatoms. The summed E-state index contributed by atoms with van der Waals surface area (Å²) in [6.07, 6.45) is 5.53. The van der Waals surface area contributed by atoms with Crippen molar-refractivity contribution in [3.8, 4) is 0 Å². The molecule has 0 saturated carbocycles. The van der Waals surface area contributed by atoms with E-state index in [4.69, 9.17) is 4.74 Å². The van der Waals surface area contributed by atoms with E-state index in [0.717, 1.165) is 39.1 Å². The second kappa shape index (κ2) is 7.38. The van der Waals surface area contributed by atoms with Crippen molar-refractivity contribution in [2.24, 2.45) is 5.41 Å². The van der Waals surface area contributed by atoms with Gasteiger partial charge in [0.25, 0.3) is 0 Å². The van der Waals surface area contributed by atoms with E-state index in [1.807, 2.05) is 6.92 Å². The van der Waals surface area contributed by atoms with Crippen molar-refractivity contribution in [2.75, 3.05) is 39.5 Å². The number of nitrogens with one attached hydrogen (secondary N) is 1. The highest BCUT2D eigenvalue weighted by molar-refractivity contribution is 5.82. The van der Waals surface area contributed by atoms with E-state index in [2.05, 4.69) is 10.2 Å². The number of amides is 1. The van der Waals surface area contributed by atoms with Crippen LogP contribution in [0, 0.1) is 5.41 Å². The van der Waals surface area contributed by atoms with Gasteiger partial charge >= 0.3 is 0 Å². The minimum Gasteiger partial charge on any atom is -0.394 e. The summed E-state index contributed by atoms with van der Waals surface area (Å²) in [5.41, 5.74) is -0.437. The molecule has 0 aromatic heterocycles. The van der Waals surface area contributed by atoms with Gasteiger partial charge in [-0.15, -0.1) is 0 Å². The third kappa shape index (κ3) is 4.17. The van der Waals surface area contributed by atoms with E-state index in [1.54, 1.807) is 0 Å². The molecule has 20 heavy (non-hydrogen) atoms. The van der Waals surface area contributed by atoms with Crippen molar-refractivity contribution in [2.45, 2.75) is 45.1 Å². The Labute approximate surface area is 121 Å². The molecule has 0 unspecified atom stereocenters. The topological polar surface area (TPSA) is 61.8 Å². The van der Waals surface area contributed by atoms with Crippen LogP contribution in [-0.2, 0) is 9.53 Å². The standard InChI is InChI=1S/C15H28N2O3/c1-15(6-5-9-20-12-15)14(19)16-13(11-18)10-17-7-3-2-4-8-17/h13,18H,2-12H2,1H3,(H,16,19)/t13-,15-/m0/s1. The predicted molar refractivity (Wildman–Crippen MR) is 77.5 cm³/mol. The first-order valence-electron chi connectivity index (χ1n) is 7.86. The summed E-state index contributed by atoms with van der Waals surface area (Å²) >= 11 is 0. The zero-order valence-electron chi connectivity index (χ0n) is 12.6. The lowest BCUT2D eigenvalue weighted by atomic mass is 9.83. The van der Waals surface area contributed by atoms with Gasteiger partial charge in [-0.2, -0.15) is 0 Å². The number of carbonyl (C=O) groups excluding carboxylic acids is 1. The molecule has 2 N–H and O–H groups in total. The predicted octanol–water partition coefficient (Wildman–Crippen LogP) is 0.766. The van der Waals surface area contributed by atoms with Gasteiger partial charge in [0.05, 0.1) is 24.7 Å². The normalized spacial score (nSPS) is 29.9. The van der Waals surface area contributed by atoms with Gasteiger partial charge in [-0.05, 0) is 45.7 Å². The first-order valence-corrected chi connectivity index (χ1v) is 7.86. The lowest BCUT2D eigenvalue weighted by Crippen LogP contribution is -2.53. The Morgan fingerprint density at radius 3 is 2.70 bits per heavy atom. The number of piperidine rings is 1. The maximum absolute atomic E-state index is 12.4. The van der Waals surface area contributed by atoms with Crippen LogP contribution in [0.5, 0.6) is 0 Å². The van der Waals surface area contributed by atoms with Crippen LogP contribution in [0.3, 0.4) is 0 Å². The van der Waals surface area contributed by atoms with Gasteiger partial charge < -0.3 is 20.1 Å². The van der Waals surface area contributed by atoms with Crippen LogP contribution in [0.25, 0.3) is 0 Å². The zero-order chi connectivity index (χ0) is 14.4. The summed E-state index contributed by atoms with van der Waals surface area (Å²) in [6.45, 7) is 6.09. The van der Waals surface area contributed by atoms with Gasteiger partial charge in [-0.1, -0.05) is 6.42 Å². The molecule has 0 bridgehead atoms. The molecular weight excluding hydrogens is 256 g/mol. The van der Waals surface area contributed by atoms with Crippen LogP contribution in [0.1, 0.15) is 39.0 Å². The van der Waals surface area contributed by atoms with Gasteiger partial charge in [0.15, 0.2) is 0 Å². The molecule has 116 valence electrons. The lowest BCUT2D eigenvalue weighted by molar-refractivity contribution is -0.138. The van der Waals surface area contributed by atoms with Crippen LogP contribution in [0.15, 0.2) is 0 Å². The average Bonchev–Trinajstić information content (AvgIpc) is 2.48. The minimum absolute atomic E-state index is 0.000816. The first-order chi connectivity index (χ1) is 9.64. The van der Waals surface area contributed by atoms with E-state index in [9.17, 15) is 9.90 Å². The monoisotopic (exact) mass is 284 g/mol. The van der Waals surface area contributed by atoms with Crippen LogP contribution < -0.4 is 5.32 Å². The van der Waals surface area contributed by atoms with Gasteiger partial charge in [-0.25, -0.2) is 0 Å². The zero-order valence-corrected chi connectivity index (χ0v) is 12.6. The summed E-state index contributed by atoms with van der Waals surface area (Å²) < 4.78 is 5.44. The van der Waals surface area contributed by atoms with Crippen molar-refractivity contribution < 1.29 is 14.6 Å². The SMILES string of the molecule is C[C@]1(C(=O)N[C@H](CO)CN2CCCCC2)CCCOC1. The summed E-state index contributed by atoms with van der Waals surface area (Å²) in [5.74, 6) is 0.0215. The molecule has 0 spiro atoms. The number of rotatable bonds is 5. The Hall–Kier alpha value is -0.650. The lowest BCUT2D eigenvalue weighted by Gasteiger charge is -2.35. The molecule has 2 aliphatic rings. The van der Waals surface area contributed by atoms with Crippen molar-refractivity contribution in [1.29, 1.82) is 0 Å². The quantitative estimate of drug-likeness (QED) is 0.783. The van der Waals surface area contributed by atoms with E-state index >= 15 is 0 Å². The molecule has 2 aliphatic heterocycles. The average molecular weight is 284 g/mol. The summed E-state index contributed by atoms with van der Waals surface area (Å²) in [5, 5.41) is 12.5. The molecule has 2 heterocycles. The molecule has 1 amide bonds. The molecule has 2 saturated heterocycles. The van der Waals surface area contributed by atoms with Crippen molar-refractivity contribution in [3.63, 3.8) is 0 Å². The Morgan fingerprint density at radius 1 is 1.35 bits per heavy atom. The largest absolute Gasteiger partial charge is 0.394 e. The number of aliphatic hydroxyl groups is 1. The molecule has 2 rings (SSSR count). The van der Waals surface area contributed by atoms with Gasteiger partial charge in [0, 0.05) is 13.2 Å². The summed E-state index contributed by atoms with van der Waals surface area (Å²) in [7, 11) is 0. The van der Waals surface area contributed by atoms with E-state index < -0.39 is 5.41 Å². The highest BCUT2D eigenvalue weighted by Crippen LogP contribution is 2.28. The number of likely N-dealkylation sites (tertiary alicyclic amines) is 1. The molecule has 2 atom stereocenters. The Morgan fingerprint density at radius 2 is 2.10 bits per heavy atom. The number of hydrogen-bond acceptors (Lipinski definition) is 4. The van der Waals surface area contributed by atoms with Crippen LogP contribution >= 0.6 is 0 Å². The van der Waals surface area contributed by atoms with Crippen LogP contribution in [-0.4, -0.2) is 61.4 Å². The summed E-state index contributed by atoms with van der Waals surface area (Å²) in [4.78, 5) is 14.7. The molecule has 2 fully saturated rings. The molecule has 0 aliphatic carbocycles. The molecule has 5 nitrogen and oxygen atoms in total. The fraction of sp³-hybridized carbons (Fsp3) is 0.933. The number of ether oxygens (including phenoxy) is 1. The van der Waals surface area contributed by atoms with Gasteiger partial charge in [0.1, 0.15) is 0 Å². The minimum atomic E-state index is -0.437. The fourth-order valence-electron chi connectivity index (χ4n) is 3.08. The van der Waals surface area contributed by atoms with Crippen LogP contribution in [0.2, 0.25) is 0 Å². The first kappa shape index (κ1) is 15.7. The van der Waals surface area contributed by atoms with Gasteiger partial charge in [-0.3, -0.25) is 4.79 Å². The van der Waals surface area contributed by atoms with Crippen LogP contribution in [0.4, 0.5) is 0 Å². The number of nitrogens with zero attached hydrogens (tertiary/aromatic N) is 1. The second-order valence-corrected chi connectivity index (χ2v) is 6.43. The third-order valence-corrected chi connectivity index (χ3v) is 4.47. The Kier molecular flexibility index (Phi) is 5.81. The fourth-order valence-corrected chi connectivity index (χ4v) is 3.08. The van der Waals surface area contributed by atoms with E-state index in [-0.39, 0.29) is 18.6 Å². The molecule has 0 aromatic rings. The summed E-state index contributed by atoms with van der Waals surface area (Å²) in [6, 6.07) is -0.167. The Bertz CT molecular complexity index is 310. The third-order valence-electron chi connectivity index (χ3n) is 4.47. The molecule has 0 radical (unpaired) electrons. The van der Waals surface area contributed by atoms with Gasteiger partial charge in [0.2, 0.25) is 5.91 Å².